The van der Waals surface area contributed by atoms with Crippen LogP contribution < -0.4 is 15.0 Å². The molecule has 0 atom stereocenters. The van der Waals surface area contributed by atoms with E-state index in [-0.39, 0.29) is 11.3 Å². The Morgan fingerprint density at radius 1 is 0.824 bits per heavy atom. The Bertz CT molecular complexity index is 1440. The van der Waals surface area contributed by atoms with E-state index in [1.807, 2.05) is 49.4 Å². The van der Waals surface area contributed by atoms with Gasteiger partial charge in [0, 0.05) is 11.1 Å². The van der Waals surface area contributed by atoms with Crippen molar-refractivity contribution in [1.82, 2.24) is 0 Å². The van der Waals surface area contributed by atoms with Crippen LogP contribution in [0, 0.1) is 0 Å². The SMILES string of the molecule is CCOc1ccc(C2=C(Nc3cccc4ccccc34)C(=O)N(c3ccccc3Cl)C2=O)cc1. The zero-order valence-electron chi connectivity index (χ0n) is 18.4. The molecular weight excluding hydrogens is 448 g/mol. The summed E-state index contributed by atoms with van der Waals surface area (Å²) in [5.41, 5.74) is 2.17. The van der Waals surface area contributed by atoms with Gasteiger partial charge in [-0.1, -0.05) is 72.3 Å². The van der Waals surface area contributed by atoms with Crippen LogP contribution in [0.15, 0.2) is 96.7 Å². The number of para-hydroxylation sites is 1. The molecule has 4 aromatic carbocycles. The number of amides is 2. The molecule has 168 valence electrons. The van der Waals surface area contributed by atoms with Gasteiger partial charge in [0.2, 0.25) is 0 Å². The van der Waals surface area contributed by atoms with Crippen LogP contribution in [0.5, 0.6) is 5.75 Å². The summed E-state index contributed by atoms with van der Waals surface area (Å²) in [6, 6.07) is 27.6. The number of ether oxygens (including phenoxy) is 1. The molecular formula is C28H21ClN2O3. The van der Waals surface area contributed by atoms with E-state index in [0.717, 1.165) is 21.4 Å². The van der Waals surface area contributed by atoms with Crippen molar-refractivity contribution in [1.29, 1.82) is 0 Å². The molecule has 0 spiro atoms. The van der Waals surface area contributed by atoms with Crippen molar-refractivity contribution >= 4 is 51.1 Å². The number of carbonyl (C=O) groups is 2. The molecule has 0 unspecified atom stereocenters. The summed E-state index contributed by atoms with van der Waals surface area (Å²) in [6.07, 6.45) is 0. The van der Waals surface area contributed by atoms with Crippen molar-refractivity contribution < 1.29 is 14.3 Å². The second-order valence-corrected chi connectivity index (χ2v) is 8.16. The van der Waals surface area contributed by atoms with Crippen LogP contribution in [0.2, 0.25) is 5.02 Å². The zero-order chi connectivity index (χ0) is 23.7. The molecule has 5 nitrogen and oxygen atoms in total. The summed E-state index contributed by atoms with van der Waals surface area (Å²) in [6.45, 7) is 2.44. The van der Waals surface area contributed by atoms with Gasteiger partial charge >= 0.3 is 0 Å². The predicted molar refractivity (Wildman–Crippen MR) is 136 cm³/mol. The second kappa shape index (κ2) is 9.04. The molecule has 0 aromatic heterocycles. The van der Waals surface area contributed by atoms with E-state index in [1.54, 1.807) is 48.5 Å². The fourth-order valence-electron chi connectivity index (χ4n) is 4.12. The average Bonchev–Trinajstić information content (AvgIpc) is 3.09. The number of nitrogens with zero attached hydrogens (tertiary/aromatic N) is 1. The first-order chi connectivity index (χ1) is 16.6. The van der Waals surface area contributed by atoms with Crippen LogP contribution in [-0.4, -0.2) is 18.4 Å². The Hall–Kier alpha value is -4.09. The van der Waals surface area contributed by atoms with Gasteiger partial charge in [-0.25, -0.2) is 4.90 Å². The highest BCUT2D eigenvalue weighted by Gasteiger charge is 2.41. The summed E-state index contributed by atoms with van der Waals surface area (Å²) in [5.74, 6) is -0.213. The van der Waals surface area contributed by atoms with Crippen molar-refractivity contribution in [2.75, 3.05) is 16.8 Å². The number of benzene rings is 4. The number of rotatable bonds is 6. The third-order valence-corrected chi connectivity index (χ3v) is 6.00. The molecule has 1 aliphatic rings. The highest BCUT2D eigenvalue weighted by Crippen LogP contribution is 2.37. The predicted octanol–water partition coefficient (Wildman–Crippen LogP) is 6.29. The number of anilines is 2. The molecule has 0 saturated heterocycles. The van der Waals surface area contributed by atoms with Gasteiger partial charge in [-0.3, -0.25) is 9.59 Å². The second-order valence-electron chi connectivity index (χ2n) is 7.76. The van der Waals surface area contributed by atoms with E-state index in [9.17, 15) is 9.59 Å². The smallest absolute Gasteiger partial charge is 0.282 e. The van der Waals surface area contributed by atoms with Gasteiger partial charge in [-0.2, -0.15) is 0 Å². The fourth-order valence-corrected chi connectivity index (χ4v) is 4.34. The molecule has 0 fully saturated rings. The average molecular weight is 469 g/mol. The summed E-state index contributed by atoms with van der Waals surface area (Å²) in [4.78, 5) is 28.5. The minimum Gasteiger partial charge on any atom is -0.494 e. The van der Waals surface area contributed by atoms with Crippen LogP contribution >= 0.6 is 11.6 Å². The van der Waals surface area contributed by atoms with Crippen molar-refractivity contribution in [3.05, 3.63) is 107 Å². The van der Waals surface area contributed by atoms with Crippen molar-refractivity contribution in [3.63, 3.8) is 0 Å². The van der Waals surface area contributed by atoms with E-state index in [2.05, 4.69) is 5.32 Å². The van der Waals surface area contributed by atoms with E-state index < -0.39 is 11.8 Å². The first-order valence-corrected chi connectivity index (χ1v) is 11.3. The van der Waals surface area contributed by atoms with Gasteiger partial charge < -0.3 is 10.1 Å². The lowest BCUT2D eigenvalue weighted by Crippen LogP contribution is -2.32. The lowest BCUT2D eigenvalue weighted by atomic mass is 10.0. The number of halogens is 1. The number of hydrogen-bond acceptors (Lipinski definition) is 4. The number of imide groups is 1. The zero-order valence-corrected chi connectivity index (χ0v) is 19.2. The normalized spacial score (nSPS) is 13.6. The summed E-state index contributed by atoms with van der Waals surface area (Å²) in [7, 11) is 0. The van der Waals surface area contributed by atoms with Gasteiger partial charge in [0.05, 0.1) is 22.9 Å². The molecule has 0 bridgehead atoms. The maximum absolute atomic E-state index is 13.7. The lowest BCUT2D eigenvalue weighted by molar-refractivity contribution is -0.120. The molecule has 2 amide bonds. The van der Waals surface area contributed by atoms with Gasteiger partial charge in [0.15, 0.2) is 0 Å². The fraction of sp³-hybridized carbons (Fsp3) is 0.0714. The van der Waals surface area contributed by atoms with Gasteiger partial charge in [0.25, 0.3) is 11.8 Å². The molecule has 1 heterocycles. The number of carbonyl (C=O) groups excluding carboxylic acids is 2. The Kier molecular flexibility index (Phi) is 5.78. The summed E-state index contributed by atoms with van der Waals surface area (Å²) in [5, 5.41) is 5.55. The van der Waals surface area contributed by atoms with Gasteiger partial charge in [-0.05, 0) is 48.2 Å². The number of fused-ring (bicyclic) bond motifs is 1. The third kappa shape index (κ3) is 3.80. The third-order valence-electron chi connectivity index (χ3n) is 5.68. The molecule has 5 rings (SSSR count). The Morgan fingerprint density at radius 2 is 1.53 bits per heavy atom. The van der Waals surface area contributed by atoms with Crippen LogP contribution in [-0.2, 0) is 9.59 Å². The highest BCUT2D eigenvalue weighted by atomic mass is 35.5. The molecule has 34 heavy (non-hydrogen) atoms. The van der Waals surface area contributed by atoms with Crippen LogP contribution in [0.25, 0.3) is 16.3 Å². The van der Waals surface area contributed by atoms with Crippen molar-refractivity contribution in [3.8, 4) is 5.75 Å². The van der Waals surface area contributed by atoms with Crippen LogP contribution in [0.1, 0.15) is 12.5 Å². The molecule has 0 radical (unpaired) electrons. The molecule has 1 aliphatic heterocycles. The Balaban J connectivity index is 1.65. The molecule has 6 heteroatoms. The first kappa shape index (κ1) is 21.7. The lowest BCUT2D eigenvalue weighted by Gasteiger charge is -2.17. The van der Waals surface area contributed by atoms with E-state index >= 15 is 0 Å². The van der Waals surface area contributed by atoms with Gasteiger partial charge in [-0.15, -0.1) is 0 Å². The van der Waals surface area contributed by atoms with E-state index in [4.69, 9.17) is 16.3 Å². The van der Waals surface area contributed by atoms with Gasteiger partial charge in [0.1, 0.15) is 11.4 Å². The molecule has 0 saturated carbocycles. The quantitative estimate of drug-likeness (QED) is 0.338. The maximum Gasteiger partial charge on any atom is 0.282 e. The summed E-state index contributed by atoms with van der Waals surface area (Å²) < 4.78 is 5.54. The minimum atomic E-state index is -0.463. The van der Waals surface area contributed by atoms with Crippen molar-refractivity contribution in [2.24, 2.45) is 0 Å². The first-order valence-electron chi connectivity index (χ1n) is 10.9. The molecule has 1 N–H and O–H groups in total. The van der Waals surface area contributed by atoms with E-state index in [1.165, 1.54) is 0 Å². The Labute approximate surface area is 202 Å². The minimum absolute atomic E-state index is 0.199. The largest absolute Gasteiger partial charge is 0.494 e. The van der Waals surface area contributed by atoms with E-state index in [0.29, 0.717) is 28.6 Å². The monoisotopic (exact) mass is 468 g/mol. The maximum atomic E-state index is 13.7. The summed E-state index contributed by atoms with van der Waals surface area (Å²) >= 11 is 6.37. The molecule has 4 aromatic rings. The van der Waals surface area contributed by atoms with Crippen LogP contribution in [0.3, 0.4) is 0 Å². The topological polar surface area (TPSA) is 58.6 Å². The van der Waals surface area contributed by atoms with Crippen molar-refractivity contribution in [2.45, 2.75) is 6.92 Å². The standard InChI is InChI=1S/C28H21ClN2O3/c1-2-34-20-16-14-19(15-17-20)25-26(30-23-12-7-9-18-8-3-4-10-21(18)23)28(33)31(27(25)32)24-13-6-5-11-22(24)29/h3-17,30H,2H2,1H3. The van der Waals surface area contributed by atoms with Crippen LogP contribution in [0.4, 0.5) is 11.4 Å². The molecule has 0 aliphatic carbocycles. The number of nitrogens with one attached hydrogen (secondary N) is 1. The number of hydrogen-bond donors (Lipinski definition) is 1. The highest BCUT2D eigenvalue weighted by molar-refractivity contribution is 6.48. The Morgan fingerprint density at radius 3 is 2.29 bits per heavy atom.